The Morgan fingerprint density at radius 2 is 1.60 bits per heavy atom. The summed E-state index contributed by atoms with van der Waals surface area (Å²) in [6.45, 7) is 6.16. The van der Waals surface area contributed by atoms with Crippen LogP contribution >= 0.6 is 7.92 Å². The van der Waals surface area contributed by atoms with E-state index in [4.69, 9.17) is 9.47 Å². The molecule has 0 radical (unpaired) electrons. The van der Waals surface area contributed by atoms with Gasteiger partial charge >= 0.3 is 0 Å². The van der Waals surface area contributed by atoms with Crippen LogP contribution in [0.3, 0.4) is 0 Å². The van der Waals surface area contributed by atoms with Crippen LogP contribution in [0.2, 0.25) is 0 Å². The molecular weight excluding hydrogens is 267 g/mol. The van der Waals surface area contributed by atoms with Gasteiger partial charge in [0.1, 0.15) is 0 Å². The molecule has 2 atom stereocenters. The first-order chi connectivity index (χ1) is 9.85. The van der Waals surface area contributed by atoms with Crippen molar-refractivity contribution in [1.29, 1.82) is 0 Å². The van der Waals surface area contributed by atoms with Crippen LogP contribution in [0, 0.1) is 0 Å². The average Bonchev–Trinajstić information content (AvgIpc) is 3.16. The van der Waals surface area contributed by atoms with Crippen LogP contribution in [0.1, 0.15) is 51.4 Å². The van der Waals surface area contributed by atoms with Gasteiger partial charge in [-0.3, -0.25) is 0 Å². The van der Waals surface area contributed by atoms with Crippen molar-refractivity contribution in [3.8, 4) is 0 Å². The minimum absolute atomic E-state index is 0.0642. The molecule has 0 aromatic heterocycles. The summed E-state index contributed by atoms with van der Waals surface area (Å²) in [6.07, 6.45) is 5.30. The molecule has 20 heavy (non-hydrogen) atoms. The molecule has 110 valence electrons. The molecule has 0 amide bonds. The lowest BCUT2D eigenvalue weighted by Crippen LogP contribution is -2.20. The van der Waals surface area contributed by atoms with Crippen LogP contribution in [0.25, 0.3) is 0 Å². The molecule has 1 aromatic carbocycles. The average molecular weight is 292 g/mol. The van der Waals surface area contributed by atoms with Gasteiger partial charge in [-0.25, -0.2) is 0 Å². The molecule has 3 rings (SSSR count). The molecule has 3 heteroatoms. The molecule has 2 heterocycles. The largest absolute Gasteiger partial charge is 0.346 e. The van der Waals surface area contributed by atoms with Crippen molar-refractivity contribution >= 4 is 13.2 Å². The van der Waals surface area contributed by atoms with Gasteiger partial charge in [-0.15, -0.1) is 0 Å². The molecule has 0 unspecified atom stereocenters. The lowest BCUT2D eigenvalue weighted by molar-refractivity contribution is -0.0433. The predicted octanol–water partition coefficient (Wildman–Crippen LogP) is 4.19. The molecule has 1 aromatic rings. The van der Waals surface area contributed by atoms with E-state index in [2.05, 4.69) is 38.1 Å². The van der Waals surface area contributed by atoms with E-state index in [1.165, 1.54) is 31.2 Å². The Labute approximate surface area is 123 Å². The standard InChI is InChI=1S/C17H25O2P/c1-3-13-9-10-14(4-2)20(13)16-8-6-5-7-15(16)17-18-11-12-19-17/h5-8,13-14,17H,3-4,9-12H2,1-2H3/t13-,14-/m1/s1. The molecule has 0 saturated carbocycles. The number of ether oxygens (including phenoxy) is 2. The Balaban J connectivity index is 1.95. The summed E-state index contributed by atoms with van der Waals surface area (Å²) in [5.74, 6) is 0. The third kappa shape index (κ3) is 2.66. The molecule has 0 N–H and O–H groups in total. The van der Waals surface area contributed by atoms with E-state index in [0.717, 1.165) is 24.5 Å². The Kier molecular flexibility index (Phi) is 4.75. The van der Waals surface area contributed by atoms with Crippen molar-refractivity contribution in [2.75, 3.05) is 13.2 Å². The van der Waals surface area contributed by atoms with Crippen LogP contribution in [0.4, 0.5) is 0 Å². The van der Waals surface area contributed by atoms with E-state index in [9.17, 15) is 0 Å². The summed E-state index contributed by atoms with van der Waals surface area (Å²) in [5.41, 5.74) is 3.07. The lowest BCUT2D eigenvalue weighted by atomic mass is 10.1. The van der Waals surface area contributed by atoms with E-state index in [-0.39, 0.29) is 14.2 Å². The topological polar surface area (TPSA) is 18.5 Å². The second kappa shape index (κ2) is 6.56. The molecule has 0 spiro atoms. The molecule has 2 aliphatic rings. The van der Waals surface area contributed by atoms with Gasteiger partial charge in [-0.1, -0.05) is 46.0 Å². The Hall–Kier alpha value is -0.430. The van der Waals surface area contributed by atoms with Crippen molar-refractivity contribution in [1.82, 2.24) is 0 Å². The van der Waals surface area contributed by atoms with E-state index in [1.54, 1.807) is 5.30 Å². The summed E-state index contributed by atoms with van der Waals surface area (Å²) in [6, 6.07) is 8.86. The van der Waals surface area contributed by atoms with Crippen LogP contribution in [0.15, 0.2) is 24.3 Å². The number of hydrogen-bond donors (Lipinski definition) is 0. The Morgan fingerprint density at radius 1 is 1.00 bits per heavy atom. The molecule has 2 nitrogen and oxygen atoms in total. The van der Waals surface area contributed by atoms with Gasteiger partial charge in [0.2, 0.25) is 0 Å². The summed E-state index contributed by atoms with van der Waals surface area (Å²) >= 11 is 0. The van der Waals surface area contributed by atoms with Crippen LogP contribution in [-0.2, 0) is 9.47 Å². The number of benzene rings is 1. The van der Waals surface area contributed by atoms with Crippen molar-refractivity contribution in [3.63, 3.8) is 0 Å². The van der Waals surface area contributed by atoms with Gasteiger partial charge < -0.3 is 9.47 Å². The quantitative estimate of drug-likeness (QED) is 0.775. The SMILES string of the molecule is CC[C@@H]1CC[C@@H](CC)P1c1ccccc1C1OCCO1. The molecule has 2 saturated heterocycles. The van der Waals surface area contributed by atoms with Crippen LogP contribution < -0.4 is 5.30 Å². The first-order valence-electron chi connectivity index (χ1n) is 7.95. The fraction of sp³-hybridized carbons (Fsp3) is 0.647. The number of rotatable bonds is 4. The summed E-state index contributed by atoms with van der Waals surface area (Å²) in [5, 5.41) is 1.55. The second-order valence-electron chi connectivity index (χ2n) is 5.74. The minimum atomic E-state index is -0.121. The molecule has 2 aliphatic heterocycles. The third-order valence-corrected chi connectivity index (χ3v) is 8.44. The zero-order valence-corrected chi connectivity index (χ0v) is 13.4. The third-order valence-electron chi connectivity index (χ3n) is 4.65. The summed E-state index contributed by atoms with van der Waals surface area (Å²) < 4.78 is 11.5. The highest BCUT2D eigenvalue weighted by Gasteiger charge is 2.37. The van der Waals surface area contributed by atoms with Crippen molar-refractivity contribution < 1.29 is 9.47 Å². The minimum Gasteiger partial charge on any atom is -0.346 e. The van der Waals surface area contributed by atoms with Crippen LogP contribution in [-0.4, -0.2) is 24.5 Å². The molecule has 2 fully saturated rings. The summed E-state index contributed by atoms with van der Waals surface area (Å²) in [7, 11) is -0.0642. The highest BCUT2D eigenvalue weighted by atomic mass is 31.1. The van der Waals surface area contributed by atoms with Crippen molar-refractivity contribution in [2.24, 2.45) is 0 Å². The van der Waals surface area contributed by atoms with Gasteiger partial charge in [0.05, 0.1) is 13.2 Å². The van der Waals surface area contributed by atoms with E-state index in [0.29, 0.717) is 0 Å². The molecule has 0 aliphatic carbocycles. The monoisotopic (exact) mass is 292 g/mol. The van der Waals surface area contributed by atoms with E-state index in [1.807, 2.05) is 0 Å². The Morgan fingerprint density at radius 3 is 2.20 bits per heavy atom. The zero-order valence-electron chi connectivity index (χ0n) is 12.5. The lowest BCUT2D eigenvalue weighted by Gasteiger charge is -2.28. The van der Waals surface area contributed by atoms with Gasteiger partial charge in [0.15, 0.2) is 6.29 Å². The zero-order chi connectivity index (χ0) is 13.9. The smallest absolute Gasteiger partial charge is 0.184 e. The highest BCUT2D eigenvalue weighted by Crippen LogP contribution is 2.57. The van der Waals surface area contributed by atoms with E-state index >= 15 is 0 Å². The predicted molar refractivity (Wildman–Crippen MR) is 85.0 cm³/mol. The Bertz CT molecular complexity index is 430. The van der Waals surface area contributed by atoms with Gasteiger partial charge in [0, 0.05) is 5.56 Å². The number of hydrogen-bond acceptors (Lipinski definition) is 2. The van der Waals surface area contributed by atoms with Crippen LogP contribution in [0.5, 0.6) is 0 Å². The summed E-state index contributed by atoms with van der Waals surface area (Å²) in [4.78, 5) is 0. The van der Waals surface area contributed by atoms with Gasteiger partial charge in [-0.2, -0.15) is 0 Å². The van der Waals surface area contributed by atoms with Gasteiger partial charge in [0.25, 0.3) is 0 Å². The first-order valence-corrected chi connectivity index (χ1v) is 9.43. The molecular formula is C17H25O2P. The normalized spacial score (nSPS) is 28.3. The first kappa shape index (κ1) is 14.5. The fourth-order valence-electron chi connectivity index (χ4n) is 3.62. The van der Waals surface area contributed by atoms with Crippen molar-refractivity contribution in [2.45, 2.75) is 57.1 Å². The maximum atomic E-state index is 5.77. The molecule has 0 bridgehead atoms. The second-order valence-corrected chi connectivity index (χ2v) is 8.50. The maximum Gasteiger partial charge on any atom is 0.184 e. The van der Waals surface area contributed by atoms with Gasteiger partial charge in [-0.05, 0) is 42.3 Å². The van der Waals surface area contributed by atoms with Crippen molar-refractivity contribution in [3.05, 3.63) is 29.8 Å². The fourth-order valence-corrected chi connectivity index (χ4v) is 7.38. The highest BCUT2D eigenvalue weighted by molar-refractivity contribution is 7.67. The maximum absolute atomic E-state index is 5.77. The van der Waals surface area contributed by atoms with E-state index < -0.39 is 0 Å².